The third-order valence-electron chi connectivity index (χ3n) is 5.73. The van der Waals surface area contributed by atoms with Gasteiger partial charge in [-0.25, -0.2) is 4.68 Å². The fourth-order valence-corrected chi connectivity index (χ4v) is 4.06. The number of benzene rings is 3. The van der Waals surface area contributed by atoms with E-state index in [1.54, 1.807) is 35.0 Å². The number of alkyl halides is 3. The van der Waals surface area contributed by atoms with Gasteiger partial charge in [0.05, 0.1) is 35.1 Å². The van der Waals surface area contributed by atoms with E-state index in [0.29, 0.717) is 27.5 Å². The molecule has 0 fully saturated rings. The Morgan fingerprint density at radius 2 is 1.62 bits per heavy atom. The minimum absolute atomic E-state index is 0.263. The molecule has 0 saturated carbocycles. The van der Waals surface area contributed by atoms with Crippen molar-refractivity contribution in [3.8, 4) is 5.69 Å². The minimum atomic E-state index is -4.92. The predicted octanol–water partition coefficient (Wildman–Crippen LogP) is 5.01. The van der Waals surface area contributed by atoms with E-state index in [0.717, 1.165) is 5.69 Å². The summed E-state index contributed by atoms with van der Waals surface area (Å²) in [6.45, 7) is -0.730. The van der Waals surface area contributed by atoms with Gasteiger partial charge in [0.15, 0.2) is 0 Å². The fourth-order valence-electron chi connectivity index (χ4n) is 4.06. The number of anilines is 1. The highest BCUT2D eigenvalue weighted by Crippen LogP contribution is 2.42. The summed E-state index contributed by atoms with van der Waals surface area (Å²) >= 11 is 0. The largest absolute Gasteiger partial charge is 0.423 e. The molecule has 1 atom stereocenters. The average molecular weight is 436 g/mol. The first-order valence-corrected chi connectivity index (χ1v) is 9.94. The molecule has 0 aliphatic rings. The Morgan fingerprint density at radius 1 is 0.906 bits per heavy atom. The summed E-state index contributed by atoms with van der Waals surface area (Å²) in [5.74, 6) is 0. The van der Waals surface area contributed by atoms with Gasteiger partial charge in [-0.15, -0.1) is 0 Å². The zero-order chi connectivity index (χ0) is 22.5. The van der Waals surface area contributed by atoms with Crippen LogP contribution in [0.1, 0.15) is 5.56 Å². The number of aliphatic hydroxyl groups is 1. The SMILES string of the molecule is Nc1cn(CC(O)(c2ccc3c(cnn3-c3ccccc3)c2)C(F)(F)F)c2ccccc12. The molecule has 5 nitrogen and oxygen atoms in total. The Labute approximate surface area is 181 Å². The molecular formula is C24H19F3N4O. The van der Waals surface area contributed by atoms with Crippen LogP contribution in [0.4, 0.5) is 18.9 Å². The Hall–Kier alpha value is -3.78. The molecule has 0 aliphatic heterocycles. The molecule has 2 heterocycles. The minimum Gasteiger partial charge on any atom is -0.397 e. The van der Waals surface area contributed by atoms with Gasteiger partial charge in [0.2, 0.25) is 5.60 Å². The predicted molar refractivity (Wildman–Crippen MR) is 117 cm³/mol. The van der Waals surface area contributed by atoms with E-state index in [9.17, 15) is 18.3 Å². The summed E-state index contributed by atoms with van der Waals surface area (Å²) < 4.78 is 45.7. The van der Waals surface area contributed by atoms with Gasteiger partial charge in [0.1, 0.15) is 0 Å². The molecule has 1 unspecified atom stereocenters. The number of fused-ring (bicyclic) bond motifs is 2. The first-order chi connectivity index (χ1) is 15.3. The lowest BCUT2D eigenvalue weighted by molar-refractivity contribution is -0.271. The lowest BCUT2D eigenvalue weighted by Crippen LogP contribution is -2.45. The van der Waals surface area contributed by atoms with Crippen molar-refractivity contribution in [1.29, 1.82) is 0 Å². The van der Waals surface area contributed by atoms with Gasteiger partial charge >= 0.3 is 6.18 Å². The summed E-state index contributed by atoms with van der Waals surface area (Å²) in [6, 6.07) is 20.4. The van der Waals surface area contributed by atoms with Gasteiger partial charge in [0.25, 0.3) is 0 Å². The molecule has 0 saturated heterocycles. The molecule has 3 aromatic carbocycles. The monoisotopic (exact) mass is 436 g/mol. The average Bonchev–Trinajstić information content (AvgIpc) is 3.34. The number of hydrogen-bond donors (Lipinski definition) is 2. The molecule has 8 heteroatoms. The van der Waals surface area contributed by atoms with E-state index in [2.05, 4.69) is 5.10 Å². The number of nitrogens with zero attached hydrogens (tertiary/aromatic N) is 3. The quantitative estimate of drug-likeness (QED) is 0.416. The Bertz CT molecular complexity index is 1420. The third-order valence-corrected chi connectivity index (χ3v) is 5.73. The van der Waals surface area contributed by atoms with Crippen molar-refractivity contribution in [2.24, 2.45) is 0 Å². The van der Waals surface area contributed by atoms with Crippen LogP contribution < -0.4 is 5.73 Å². The van der Waals surface area contributed by atoms with Crippen molar-refractivity contribution >= 4 is 27.5 Å². The van der Waals surface area contributed by atoms with E-state index in [-0.39, 0.29) is 5.56 Å². The third kappa shape index (κ3) is 3.11. The summed E-state index contributed by atoms with van der Waals surface area (Å²) in [4.78, 5) is 0. The van der Waals surface area contributed by atoms with Crippen LogP contribution in [0.2, 0.25) is 0 Å². The normalized spacial score (nSPS) is 14.1. The molecule has 0 bridgehead atoms. The first-order valence-electron chi connectivity index (χ1n) is 9.94. The van der Waals surface area contributed by atoms with Gasteiger partial charge in [0, 0.05) is 17.0 Å². The van der Waals surface area contributed by atoms with Crippen LogP contribution in [-0.2, 0) is 12.1 Å². The highest BCUT2D eigenvalue weighted by atomic mass is 19.4. The zero-order valence-corrected chi connectivity index (χ0v) is 16.8. The van der Waals surface area contributed by atoms with Gasteiger partial charge in [-0.3, -0.25) is 0 Å². The van der Waals surface area contributed by atoms with E-state index < -0.39 is 18.3 Å². The zero-order valence-electron chi connectivity index (χ0n) is 16.8. The smallest absolute Gasteiger partial charge is 0.397 e. The Morgan fingerprint density at radius 3 is 2.38 bits per heavy atom. The van der Waals surface area contributed by atoms with Crippen molar-refractivity contribution < 1.29 is 18.3 Å². The summed E-state index contributed by atoms with van der Waals surface area (Å²) in [7, 11) is 0. The molecule has 3 N–H and O–H groups in total. The van der Waals surface area contributed by atoms with Crippen LogP contribution in [0.15, 0.2) is 85.2 Å². The number of halogens is 3. The number of para-hydroxylation sites is 2. The maximum Gasteiger partial charge on any atom is 0.423 e. The molecule has 5 rings (SSSR count). The van der Waals surface area contributed by atoms with Crippen molar-refractivity contribution in [1.82, 2.24) is 14.3 Å². The number of rotatable bonds is 4. The summed E-state index contributed by atoms with van der Waals surface area (Å²) in [5.41, 5.74) is 4.90. The molecule has 32 heavy (non-hydrogen) atoms. The van der Waals surface area contributed by atoms with Crippen molar-refractivity contribution in [2.45, 2.75) is 18.3 Å². The van der Waals surface area contributed by atoms with Gasteiger partial charge < -0.3 is 15.4 Å². The lowest BCUT2D eigenvalue weighted by atomic mass is 9.91. The van der Waals surface area contributed by atoms with E-state index in [4.69, 9.17) is 5.73 Å². The molecule has 0 amide bonds. The maximum absolute atomic E-state index is 14.2. The van der Waals surface area contributed by atoms with Crippen LogP contribution in [0.5, 0.6) is 0 Å². The molecule has 0 radical (unpaired) electrons. The van der Waals surface area contributed by atoms with Gasteiger partial charge in [-0.05, 0) is 35.9 Å². The van der Waals surface area contributed by atoms with Crippen LogP contribution in [-0.4, -0.2) is 25.6 Å². The Balaban J connectivity index is 1.61. The van der Waals surface area contributed by atoms with E-state index >= 15 is 0 Å². The second-order valence-corrected chi connectivity index (χ2v) is 7.75. The molecular weight excluding hydrogens is 417 g/mol. The van der Waals surface area contributed by atoms with E-state index in [1.165, 1.54) is 29.1 Å². The molecule has 0 aliphatic carbocycles. The number of aromatic nitrogens is 3. The highest BCUT2D eigenvalue weighted by Gasteiger charge is 2.55. The molecule has 0 spiro atoms. The van der Waals surface area contributed by atoms with Crippen molar-refractivity contribution in [3.05, 3.63) is 90.8 Å². The van der Waals surface area contributed by atoms with Crippen LogP contribution in [0.3, 0.4) is 0 Å². The lowest BCUT2D eigenvalue weighted by Gasteiger charge is -2.31. The molecule has 2 aromatic heterocycles. The van der Waals surface area contributed by atoms with Gasteiger partial charge in [-0.1, -0.05) is 42.5 Å². The molecule has 162 valence electrons. The Kier molecular flexibility index (Phi) is 4.49. The van der Waals surface area contributed by atoms with E-state index in [1.807, 2.05) is 30.3 Å². The van der Waals surface area contributed by atoms with Crippen LogP contribution in [0, 0.1) is 0 Å². The van der Waals surface area contributed by atoms with Crippen LogP contribution >= 0.6 is 0 Å². The summed E-state index contributed by atoms with van der Waals surface area (Å²) in [6.07, 6.45) is -2.00. The number of nitrogen functional groups attached to an aromatic ring is 1. The summed E-state index contributed by atoms with van der Waals surface area (Å²) in [5, 5.41) is 16.4. The van der Waals surface area contributed by atoms with Crippen molar-refractivity contribution in [3.63, 3.8) is 0 Å². The highest BCUT2D eigenvalue weighted by molar-refractivity contribution is 5.91. The van der Waals surface area contributed by atoms with Crippen molar-refractivity contribution in [2.75, 3.05) is 5.73 Å². The van der Waals surface area contributed by atoms with Gasteiger partial charge in [-0.2, -0.15) is 18.3 Å². The fraction of sp³-hybridized carbons (Fsp3) is 0.125. The number of nitrogens with two attached hydrogens (primary N) is 1. The topological polar surface area (TPSA) is 69.0 Å². The maximum atomic E-state index is 14.2. The number of hydrogen-bond acceptors (Lipinski definition) is 3. The first kappa shape index (κ1) is 20.1. The second kappa shape index (κ2) is 7.13. The van der Waals surface area contributed by atoms with Crippen LogP contribution in [0.25, 0.3) is 27.5 Å². The standard InChI is InChI=1S/C24H19F3N4O/c25-24(26,27)23(32,15-30-14-20(28)19-8-4-5-9-22(19)30)17-10-11-21-16(12-17)13-29-31(21)18-6-2-1-3-7-18/h1-14,32H,15,28H2. The molecule has 5 aromatic rings. The second-order valence-electron chi connectivity index (χ2n) is 7.75.